The molecule has 1 rings (SSSR count). The van der Waals surface area contributed by atoms with Crippen LogP contribution in [0.1, 0.15) is 284 Å². The van der Waals surface area contributed by atoms with Gasteiger partial charge in [-0.15, -0.1) is 0 Å². The van der Waals surface area contributed by atoms with Crippen LogP contribution in [0.4, 0.5) is 0 Å². The predicted octanol–water partition coefficient (Wildman–Crippen LogP) is 18.2. The van der Waals surface area contributed by atoms with E-state index in [0.29, 0.717) is 12.8 Å². The molecule has 0 spiro atoms. The summed E-state index contributed by atoms with van der Waals surface area (Å²) >= 11 is 0. The van der Waals surface area contributed by atoms with E-state index in [-0.39, 0.29) is 19.4 Å². The first kappa shape index (κ1) is 81.1. The summed E-state index contributed by atoms with van der Waals surface area (Å²) in [6, 6.07) is -1.04. The monoisotopic (exact) mass is 1220 g/mol. The third kappa shape index (κ3) is 49.5. The summed E-state index contributed by atoms with van der Waals surface area (Å²) in [7, 11) is 0. The summed E-state index contributed by atoms with van der Waals surface area (Å²) in [5.74, 6) is -1.23. The van der Waals surface area contributed by atoms with E-state index in [0.717, 1.165) is 128 Å². The first-order valence-electron chi connectivity index (χ1n) is 35.3. The number of unbranched alkanes of at least 4 members (excludes halogenated alkanes) is 27. The molecule has 0 aromatic heterocycles. The average Bonchev–Trinajstić information content (AvgIpc) is 2.93. The molecule has 87 heavy (non-hydrogen) atoms. The second kappa shape index (κ2) is 62.3. The van der Waals surface area contributed by atoms with Gasteiger partial charge in [0.25, 0.3) is 0 Å². The molecule has 0 aliphatic carbocycles. The van der Waals surface area contributed by atoms with Gasteiger partial charge < -0.3 is 45.1 Å². The maximum Gasteiger partial charge on any atom is 0.306 e. The molecule has 1 aliphatic rings. The van der Waals surface area contributed by atoms with Gasteiger partial charge >= 0.3 is 5.97 Å². The Labute approximate surface area is 531 Å². The topological polar surface area (TPSA) is 175 Å². The van der Waals surface area contributed by atoms with E-state index < -0.39 is 67.4 Å². The Kier molecular flexibility index (Phi) is 58.0. The minimum absolute atomic E-state index is 0.0875. The van der Waals surface area contributed by atoms with Crippen molar-refractivity contribution in [1.29, 1.82) is 0 Å². The molecule has 0 radical (unpaired) electrons. The molecule has 1 heterocycles. The summed E-state index contributed by atoms with van der Waals surface area (Å²) in [5.41, 5.74) is 0. The lowest BCUT2D eigenvalue weighted by Gasteiger charge is -2.41. The predicted molar refractivity (Wildman–Crippen MR) is 365 cm³/mol. The number of esters is 1. The quantitative estimate of drug-likeness (QED) is 0.0195. The molecule has 8 unspecified atom stereocenters. The number of carbonyl (C=O) groups is 2. The number of nitrogens with one attached hydrogen (secondary N) is 1. The lowest BCUT2D eigenvalue weighted by Crippen LogP contribution is -2.61. The molecule has 0 aromatic rings. The summed E-state index contributed by atoms with van der Waals surface area (Å²) in [5, 5.41) is 57.2. The Morgan fingerprint density at radius 1 is 0.460 bits per heavy atom. The number of aliphatic hydroxyl groups excluding tert-OH is 5. The summed E-state index contributed by atoms with van der Waals surface area (Å²) < 4.78 is 17.7. The van der Waals surface area contributed by atoms with Crippen molar-refractivity contribution in [2.45, 2.75) is 333 Å². The highest BCUT2D eigenvalue weighted by molar-refractivity contribution is 5.80. The first-order valence-corrected chi connectivity index (χ1v) is 35.3. The minimum atomic E-state index is -1.63. The van der Waals surface area contributed by atoms with Crippen LogP contribution in [0.2, 0.25) is 0 Å². The fourth-order valence-electron chi connectivity index (χ4n) is 10.3. The van der Waals surface area contributed by atoms with Gasteiger partial charge in [0.1, 0.15) is 24.4 Å². The van der Waals surface area contributed by atoms with Crippen LogP contribution in [0.15, 0.2) is 122 Å². The van der Waals surface area contributed by atoms with Crippen LogP contribution in [0.3, 0.4) is 0 Å². The van der Waals surface area contributed by atoms with Crippen molar-refractivity contribution < 1.29 is 49.3 Å². The van der Waals surface area contributed by atoms with Crippen LogP contribution in [0.5, 0.6) is 0 Å². The third-order valence-corrected chi connectivity index (χ3v) is 15.8. The molecule has 11 heteroatoms. The number of hydrogen-bond acceptors (Lipinski definition) is 10. The van der Waals surface area contributed by atoms with Crippen molar-refractivity contribution in [3.05, 3.63) is 122 Å². The van der Waals surface area contributed by atoms with E-state index in [1.165, 1.54) is 109 Å². The van der Waals surface area contributed by atoms with Crippen molar-refractivity contribution in [3.8, 4) is 0 Å². The SMILES string of the molecule is CC/C=C\C/C=C\C/C=C\C/C=C\C/C=C\C/C=C\CCCCCCC(=O)OC1C(OCC(NC(=O)C(O)CCCCCCCCCCCCC/C=C\C/C=C\C/C=C\CCCCC)C(O)/C=C/CCCCCCCCCCC)OC(CO)C(O)C1O. The fraction of sp³-hybridized carbons (Fsp3) is 0.711. The molecule has 0 bridgehead atoms. The molecule has 0 saturated carbocycles. The lowest BCUT2D eigenvalue weighted by molar-refractivity contribution is -0.305. The van der Waals surface area contributed by atoms with Gasteiger partial charge in [-0.2, -0.15) is 0 Å². The van der Waals surface area contributed by atoms with Crippen LogP contribution >= 0.6 is 0 Å². The van der Waals surface area contributed by atoms with E-state index in [1.807, 2.05) is 6.08 Å². The Balaban J connectivity index is 2.59. The molecular weight excluding hydrogens is 1090 g/mol. The maximum atomic E-state index is 13.5. The molecule has 1 saturated heterocycles. The number of amides is 1. The van der Waals surface area contributed by atoms with Crippen LogP contribution in [0.25, 0.3) is 0 Å². The fourth-order valence-corrected chi connectivity index (χ4v) is 10.3. The zero-order valence-electron chi connectivity index (χ0n) is 55.3. The van der Waals surface area contributed by atoms with Gasteiger partial charge in [0.05, 0.1) is 25.4 Å². The average molecular weight is 1220 g/mol. The van der Waals surface area contributed by atoms with E-state index in [4.69, 9.17) is 14.2 Å². The van der Waals surface area contributed by atoms with E-state index in [9.17, 15) is 35.1 Å². The molecular formula is C76H129NO10. The molecule has 6 N–H and O–H groups in total. The second-order valence-electron chi connectivity index (χ2n) is 23.9. The molecule has 1 fully saturated rings. The molecule has 8 atom stereocenters. The smallest absolute Gasteiger partial charge is 0.306 e. The van der Waals surface area contributed by atoms with Gasteiger partial charge in [0.2, 0.25) is 5.91 Å². The van der Waals surface area contributed by atoms with Crippen LogP contribution in [0, 0.1) is 0 Å². The van der Waals surface area contributed by atoms with Gasteiger partial charge in [0.15, 0.2) is 12.4 Å². The number of ether oxygens (including phenoxy) is 3. The van der Waals surface area contributed by atoms with Crippen molar-refractivity contribution in [2.75, 3.05) is 13.2 Å². The van der Waals surface area contributed by atoms with Crippen LogP contribution in [-0.2, 0) is 23.8 Å². The van der Waals surface area contributed by atoms with Crippen molar-refractivity contribution in [2.24, 2.45) is 0 Å². The normalized spacial score (nSPS) is 19.0. The zero-order chi connectivity index (χ0) is 63.1. The third-order valence-electron chi connectivity index (χ3n) is 15.8. The zero-order valence-corrected chi connectivity index (χ0v) is 55.3. The summed E-state index contributed by atoms with van der Waals surface area (Å²) in [6.07, 6.45) is 76.6. The van der Waals surface area contributed by atoms with E-state index in [2.05, 4.69) is 135 Å². The highest BCUT2D eigenvalue weighted by Crippen LogP contribution is 2.26. The molecule has 1 amide bonds. The second-order valence-corrected chi connectivity index (χ2v) is 23.9. The Morgan fingerprint density at radius 2 is 0.828 bits per heavy atom. The highest BCUT2D eigenvalue weighted by Gasteiger charge is 2.47. The van der Waals surface area contributed by atoms with Gasteiger partial charge in [0, 0.05) is 6.42 Å². The van der Waals surface area contributed by atoms with Gasteiger partial charge in [-0.3, -0.25) is 9.59 Å². The lowest BCUT2D eigenvalue weighted by atomic mass is 9.99. The molecule has 11 nitrogen and oxygen atoms in total. The van der Waals surface area contributed by atoms with Crippen LogP contribution in [-0.4, -0.2) is 99.6 Å². The standard InChI is InChI=1S/C76H129NO10/c1-4-7-10-13-16-19-22-24-26-28-30-32-34-36-37-39-41-43-45-48-51-54-57-60-63-69(80)75(84)77-67(68(79)62-59-56-53-50-47-21-18-15-12-9-6-3)66-85-76-74(73(83)72(82)70(65-78)86-76)87-71(81)64-61-58-55-52-49-46-44-42-40-38-35-33-31-29-27-25-23-20-17-14-11-8-5-2/h8,11,16-17,19-20,24-27,30-33,38,40,44,46,59,62,67-70,72-74,76,78-80,82-83H,4-7,9-10,12-15,18,21-23,28-29,34-37,39,41-43,45,47-58,60-61,63-66H2,1-3H3,(H,77,84)/b11-8-,19-16-,20-17-,26-24-,27-25-,32-30-,33-31-,40-38-,46-44-,62-59+. The van der Waals surface area contributed by atoms with Crippen molar-refractivity contribution in [3.63, 3.8) is 0 Å². The molecule has 0 aromatic carbocycles. The largest absolute Gasteiger partial charge is 0.454 e. The molecule has 498 valence electrons. The van der Waals surface area contributed by atoms with Gasteiger partial charge in [-0.1, -0.05) is 284 Å². The Hall–Kier alpha value is -3.94. The van der Waals surface area contributed by atoms with E-state index in [1.54, 1.807) is 6.08 Å². The Morgan fingerprint density at radius 3 is 1.26 bits per heavy atom. The number of hydrogen-bond donors (Lipinski definition) is 6. The van der Waals surface area contributed by atoms with E-state index >= 15 is 0 Å². The number of aliphatic hydroxyl groups is 5. The maximum absolute atomic E-state index is 13.5. The summed E-state index contributed by atoms with van der Waals surface area (Å²) in [4.78, 5) is 26.7. The van der Waals surface area contributed by atoms with Gasteiger partial charge in [-0.05, 0) is 116 Å². The Bertz CT molecular complexity index is 1880. The molecule has 1 aliphatic heterocycles. The highest BCUT2D eigenvalue weighted by atomic mass is 16.7. The first-order chi connectivity index (χ1) is 42.7. The summed E-state index contributed by atoms with van der Waals surface area (Å²) in [6.45, 7) is 5.64. The number of allylic oxidation sites excluding steroid dienone is 19. The van der Waals surface area contributed by atoms with Crippen molar-refractivity contribution in [1.82, 2.24) is 5.32 Å². The minimum Gasteiger partial charge on any atom is -0.454 e. The van der Waals surface area contributed by atoms with Crippen LogP contribution < -0.4 is 5.32 Å². The van der Waals surface area contributed by atoms with Gasteiger partial charge in [-0.25, -0.2) is 0 Å². The number of carbonyl (C=O) groups excluding carboxylic acids is 2. The van der Waals surface area contributed by atoms with Crippen molar-refractivity contribution >= 4 is 11.9 Å². The number of rotatable bonds is 59.